The van der Waals surface area contributed by atoms with Crippen LogP contribution in [0.5, 0.6) is 0 Å². The molecule has 0 radical (unpaired) electrons. The Hall–Kier alpha value is -0.900. The predicted octanol–water partition coefficient (Wildman–Crippen LogP) is 1.68. The normalized spacial score (nSPS) is 13.5. The topological polar surface area (TPSA) is 84.6 Å². The van der Waals surface area contributed by atoms with Gasteiger partial charge in [0, 0.05) is 25.6 Å². The summed E-state index contributed by atoms with van der Waals surface area (Å²) in [5, 5.41) is 10.3. The van der Waals surface area contributed by atoms with Crippen molar-refractivity contribution in [2.45, 2.75) is 45.7 Å². The van der Waals surface area contributed by atoms with Crippen molar-refractivity contribution in [2.75, 3.05) is 20.8 Å². The smallest absolute Gasteiger partial charge is 0.232 e. The van der Waals surface area contributed by atoms with Gasteiger partial charge in [-0.25, -0.2) is 0 Å². The second kappa shape index (κ2) is 9.19. The number of methoxy groups -OCH3 is 1. The fourth-order valence-corrected chi connectivity index (χ4v) is 1.51. The standard InChI is InChI=1S/C13H25N5O2.HI/c1-9(8-19-6)16-12(14-5)15-7-10-17-11(20-18-10)13(2,3)4;/h9H,7-8H2,1-6H3,(H2,14,15,16);1H. The Kier molecular flexibility index (Phi) is 8.79. The van der Waals surface area contributed by atoms with Gasteiger partial charge in [0.05, 0.1) is 13.2 Å². The number of aliphatic imine (C=N–C) groups is 1. The Labute approximate surface area is 143 Å². The van der Waals surface area contributed by atoms with Gasteiger partial charge in [0.1, 0.15) is 0 Å². The maximum atomic E-state index is 5.23. The van der Waals surface area contributed by atoms with Gasteiger partial charge in [0.15, 0.2) is 11.8 Å². The minimum absolute atomic E-state index is 0. The quantitative estimate of drug-likeness (QED) is 0.436. The van der Waals surface area contributed by atoms with Crippen LogP contribution >= 0.6 is 24.0 Å². The molecular weight excluding hydrogens is 385 g/mol. The third-order valence-electron chi connectivity index (χ3n) is 2.55. The van der Waals surface area contributed by atoms with Gasteiger partial charge in [-0.1, -0.05) is 25.9 Å². The molecule has 1 aromatic rings. The number of rotatable bonds is 5. The van der Waals surface area contributed by atoms with Gasteiger partial charge >= 0.3 is 0 Å². The van der Waals surface area contributed by atoms with Gasteiger partial charge in [0.25, 0.3) is 0 Å². The zero-order valence-electron chi connectivity index (χ0n) is 13.6. The summed E-state index contributed by atoms with van der Waals surface area (Å²) >= 11 is 0. The maximum Gasteiger partial charge on any atom is 0.232 e. The van der Waals surface area contributed by atoms with Crippen LogP contribution in [0.2, 0.25) is 0 Å². The average molecular weight is 411 g/mol. The number of aromatic nitrogens is 2. The number of nitrogens with zero attached hydrogens (tertiary/aromatic N) is 3. The summed E-state index contributed by atoms with van der Waals surface area (Å²) in [6.45, 7) is 9.18. The zero-order valence-corrected chi connectivity index (χ0v) is 15.9. The van der Waals surface area contributed by atoms with E-state index in [2.05, 4.69) is 25.8 Å². The highest BCUT2D eigenvalue weighted by Gasteiger charge is 2.21. The molecule has 0 saturated carbocycles. The highest BCUT2D eigenvalue weighted by atomic mass is 127. The maximum absolute atomic E-state index is 5.23. The molecule has 0 aliphatic carbocycles. The predicted molar refractivity (Wildman–Crippen MR) is 93.1 cm³/mol. The molecule has 0 amide bonds. The second-order valence-electron chi connectivity index (χ2n) is 5.69. The van der Waals surface area contributed by atoms with E-state index in [0.717, 1.165) is 0 Å². The van der Waals surface area contributed by atoms with Gasteiger partial charge in [-0.15, -0.1) is 24.0 Å². The van der Waals surface area contributed by atoms with Crippen molar-refractivity contribution in [2.24, 2.45) is 4.99 Å². The Morgan fingerprint density at radius 1 is 1.43 bits per heavy atom. The summed E-state index contributed by atoms with van der Waals surface area (Å²) in [6, 6.07) is 0.168. The van der Waals surface area contributed by atoms with E-state index >= 15 is 0 Å². The SMILES string of the molecule is CN=C(NCc1noc(C(C)(C)C)n1)NC(C)COC.I. The van der Waals surface area contributed by atoms with Crippen LogP contribution in [0.3, 0.4) is 0 Å². The zero-order chi connectivity index (χ0) is 15.2. The van der Waals surface area contributed by atoms with E-state index in [0.29, 0.717) is 30.8 Å². The molecule has 1 heterocycles. The van der Waals surface area contributed by atoms with Crippen LogP contribution in [-0.2, 0) is 16.7 Å². The van der Waals surface area contributed by atoms with E-state index in [-0.39, 0.29) is 35.4 Å². The van der Waals surface area contributed by atoms with Gasteiger partial charge in [-0.3, -0.25) is 4.99 Å². The molecule has 8 heteroatoms. The minimum Gasteiger partial charge on any atom is -0.383 e. The fourth-order valence-electron chi connectivity index (χ4n) is 1.51. The number of hydrogen-bond acceptors (Lipinski definition) is 5. The Bertz CT molecular complexity index is 442. The molecule has 0 spiro atoms. The number of ether oxygens (including phenoxy) is 1. The second-order valence-corrected chi connectivity index (χ2v) is 5.69. The van der Waals surface area contributed by atoms with Crippen LogP contribution in [0.1, 0.15) is 39.4 Å². The molecule has 2 N–H and O–H groups in total. The fraction of sp³-hybridized carbons (Fsp3) is 0.769. The average Bonchev–Trinajstić information content (AvgIpc) is 2.83. The van der Waals surface area contributed by atoms with Gasteiger partial charge in [0.2, 0.25) is 5.89 Å². The summed E-state index contributed by atoms with van der Waals surface area (Å²) in [5.74, 6) is 1.92. The van der Waals surface area contributed by atoms with Crippen molar-refractivity contribution in [1.82, 2.24) is 20.8 Å². The number of hydrogen-bond donors (Lipinski definition) is 2. The first-order chi connectivity index (χ1) is 9.36. The molecule has 0 aliphatic heterocycles. The van der Waals surface area contributed by atoms with E-state index in [1.54, 1.807) is 14.2 Å². The molecule has 0 aromatic carbocycles. The monoisotopic (exact) mass is 411 g/mol. The molecule has 21 heavy (non-hydrogen) atoms. The lowest BCUT2D eigenvalue weighted by molar-refractivity contribution is 0.179. The molecule has 1 unspecified atom stereocenters. The van der Waals surface area contributed by atoms with Crippen molar-refractivity contribution in [3.63, 3.8) is 0 Å². The van der Waals surface area contributed by atoms with E-state index in [1.165, 1.54) is 0 Å². The lowest BCUT2D eigenvalue weighted by atomic mass is 9.97. The van der Waals surface area contributed by atoms with Crippen LogP contribution in [0.25, 0.3) is 0 Å². The number of nitrogens with one attached hydrogen (secondary N) is 2. The van der Waals surface area contributed by atoms with Crippen molar-refractivity contribution < 1.29 is 9.26 Å². The summed E-state index contributed by atoms with van der Waals surface area (Å²) in [5.41, 5.74) is -0.141. The van der Waals surface area contributed by atoms with Crippen LogP contribution < -0.4 is 10.6 Å². The Balaban J connectivity index is 0.00000400. The molecule has 0 bridgehead atoms. The first-order valence-electron chi connectivity index (χ1n) is 6.66. The van der Waals surface area contributed by atoms with E-state index < -0.39 is 0 Å². The summed E-state index contributed by atoms with van der Waals surface area (Å²) in [7, 11) is 3.38. The van der Waals surface area contributed by atoms with Crippen molar-refractivity contribution in [1.29, 1.82) is 0 Å². The molecule has 1 aromatic heterocycles. The van der Waals surface area contributed by atoms with Crippen molar-refractivity contribution in [3.05, 3.63) is 11.7 Å². The summed E-state index contributed by atoms with van der Waals surface area (Å²) in [6.07, 6.45) is 0. The third-order valence-corrected chi connectivity index (χ3v) is 2.55. The molecule has 0 aliphatic rings. The molecule has 0 saturated heterocycles. The van der Waals surface area contributed by atoms with Gasteiger partial charge in [-0.05, 0) is 6.92 Å². The minimum atomic E-state index is -0.141. The molecule has 0 fully saturated rings. The molecule has 1 atom stereocenters. The first-order valence-corrected chi connectivity index (χ1v) is 6.66. The molecule has 1 rings (SSSR count). The van der Waals surface area contributed by atoms with Gasteiger partial charge in [-0.2, -0.15) is 4.98 Å². The third kappa shape index (κ3) is 7.07. The van der Waals surface area contributed by atoms with Crippen molar-refractivity contribution in [3.8, 4) is 0 Å². The molecule has 122 valence electrons. The number of guanidine groups is 1. The Morgan fingerprint density at radius 2 is 2.10 bits per heavy atom. The lowest BCUT2D eigenvalue weighted by Crippen LogP contribution is -2.43. The van der Waals surface area contributed by atoms with Crippen LogP contribution in [0.4, 0.5) is 0 Å². The molecular formula is C13H26IN5O2. The number of halogens is 1. The lowest BCUT2D eigenvalue weighted by Gasteiger charge is -2.16. The highest BCUT2D eigenvalue weighted by molar-refractivity contribution is 14.0. The van der Waals surface area contributed by atoms with E-state index in [4.69, 9.17) is 9.26 Å². The van der Waals surface area contributed by atoms with Gasteiger partial charge < -0.3 is 19.9 Å². The highest BCUT2D eigenvalue weighted by Crippen LogP contribution is 2.19. The van der Waals surface area contributed by atoms with Crippen LogP contribution in [-0.4, -0.2) is 42.9 Å². The van der Waals surface area contributed by atoms with E-state index in [1.807, 2.05) is 27.7 Å². The van der Waals surface area contributed by atoms with Crippen LogP contribution in [0, 0.1) is 0 Å². The van der Waals surface area contributed by atoms with Crippen LogP contribution in [0.15, 0.2) is 9.52 Å². The first kappa shape index (κ1) is 20.1. The summed E-state index contributed by atoms with van der Waals surface area (Å²) in [4.78, 5) is 8.49. The largest absolute Gasteiger partial charge is 0.383 e. The summed E-state index contributed by atoms with van der Waals surface area (Å²) < 4.78 is 10.3. The Morgan fingerprint density at radius 3 is 2.57 bits per heavy atom. The van der Waals surface area contributed by atoms with E-state index in [9.17, 15) is 0 Å². The van der Waals surface area contributed by atoms with Crippen molar-refractivity contribution >= 4 is 29.9 Å². The molecule has 7 nitrogen and oxygen atoms in total.